The molecule has 4 nitrogen and oxygen atoms in total. The molecule has 0 spiro atoms. The first-order valence-electron chi connectivity index (χ1n) is 5.97. The number of hydrogen-bond acceptors (Lipinski definition) is 4. The van der Waals surface area contributed by atoms with Gasteiger partial charge in [-0.05, 0) is 27.7 Å². The molecule has 0 amide bonds. The van der Waals surface area contributed by atoms with Gasteiger partial charge in [0.15, 0.2) is 0 Å². The standard InChI is InChI=1S/C12H21ClN4/c1-9(2)17(10(3)4)6-5-15-12-11(13)7-14-8-16-12/h7-10H,5-6H2,1-4H3,(H,14,15,16). The van der Waals surface area contributed by atoms with Crippen LogP contribution < -0.4 is 5.32 Å². The summed E-state index contributed by atoms with van der Waals surface area (Å²) >= 11 is 5.96. The number of nitrogens with zero attached hydrogens (tertiary/aromatic N) is 3. The Morgan fingerprint density at radius 2 is 1.94 bits per heavy atom. The lowest BCUT2D eigenvalue weighted by Crippen LogP contribution is -2.40. The SMILES string of the molecule is CC(C)N(CCNc1ncncc1Cl)C(C)C. The van der Waals surface area contributed by atoms with Crippen LogP contribution in [-0.4, -0.2) is 40.0 Å². The highest BCUT2D eigenvalue weighted by Crippen LogP contribution is 2.15. The average molecular weight is 257 g/mol. The smallest absolute Gasteiger partial charge is 0.148 e. The quantitative estimate of drug-likeness (QED) is 0.850. The third-order valence-corrected chi connectivity index (χ3v) is 2.93. The van der Waals surface area contributed by atoms with Crippen LogP contribution in [0.5, 0.6) is 0 Å². The number of aromatic nitrogens is 2. The number of hydrogen-bond donors (Lipinski definition) is 1. The summed E-state index contributed by atoms with van der Waals surface area (Å²) in [7, 11) is 0. The van der Waals surface area contributed by atoms with Gasteiger partial charge >= 0.3 is 0 Å². The zero-order chi connectivity index (χ0) is 12.8. The van der Waals surface area contributed by atoms with E-state index in [0.717, 1.165) is 13.1 Å². The highest BCUT2D eigenvalue weighted by Gasteiger charge is 2.12. The number of halogens is 1. The summed E-state index contributed by atoms with van der Waals surface area (Å²) in [5.74, 6) is 0.703. The topological polar surface area (TPSA) is 41.0 Å². The van der Waals surface area contributed by atoms with Crippen LogP contribution in [0.15, 0.2) is 12.5 Å². The number of nitrogens with one attached hydrogen (secondary N) is 1. The largest absolute Gasteiger partial charge is 0.367 e. The molecule has 0 aliphatic rings. The Balaban J connectivity index is 2.44. The second-order valence-electron chi connectivity index (χ2n) is 4.57. The van der Waals surface area contributed by atoms with Crippen molar-refractivity contribution in [3.63, 3.8) is 0 Å². The highest BCUT2D eigenvalue weighted by molar-refractivity contribution is 6.32. The Labute approximate surface area is 108 Å². The van der Waals surface area contributed by atoms with Gasteiger partial charge in [-0.2, -0.15) is 0 Å². The van der Waals surface area contributed by atoms with Crippen molar-refractivity contribution in [2.24, 2.45) is 0 Å². The van der Waals surface area contributed by atoms with Gasteiger partial charge in [0.2, 0.25) is 0 Å². The van der Waals surface area contributed by atoms with Crippen molar-refractivity contribution < 1.29 is 0 Å². The van der Waals surface area contributed by atoms with Gasteiger partial charge in [0.25, 0.3) is 0 Å². The summed E-state index contributed by atoms with van der Waals surface area (Å²) in [5.41, 5.74) is 0. The van der Waals surface area contributed by atoms with Crippen molar-refractivity contribution in [1.82, 2.24) is 14.9 Å². The molecule has 96 valence electrons. The van der Waals surface area contributed by atoms with E-state index >= 15 is 0 Å². The van der Waals surface area contributed by atoms with Gasteiger partial charge in [0.05, 0.1) is 6.20 Å². The minimum absolute atomic E-state index is 0.540. The van der Waals surface area contributed by atoms with Crippen LogP contribution in [0.2, 0.25) is 5.02 Å². The predicted molar refractivity (Wildman–Crippen MR) is 72.5 cm³/mol. The van der Waals surface area contributed by atoms with E-state index in [-0.39, 0.29) is 0 Å². The Bertz CT molecular complexity index is 333. The van der Waals surface area contributed by atoms with Crippen LogP contribution in [0.1, 0.15) is 27.7 Å². The molecule has 0 aliphatic carbocycles. The monoisotopic (exact) mass is 256 g/mol. The van der Waals surface area contributed by atoms with Gasteiger partial charge in [-0.1, -0.05) is 11.6 Å². The molecule has 0 bridgehead atoms. The minimum atomic E-state index is 0.540. The zero-order valence-corrected chi connectivity index (χ0v) is 11.7. The Hall–Kier alpha value is -0.870. The maximum Gasteiger partial charge on any atom is 0.148 e. The van der Waals surface area contributed by atoms with Gasteiger partial charge in [-0.15, -0.1) is 0 Å². The van der Waals surface area contributed by atoms with E-state index in [1.807, 2.05) is 0 Å². The lowest BCUT2D eigenvalue weighted by atomic mass is 10.2. The highest BCUT2D eigenvalue weighted by atomic mass is 35.5. The van der Waals surface area contributed by atoms with Crippen molar-refractivity contribution >= 4 is 17.4 Å². The molecule has 1 aromatic rings. The summed E-state index contributed by atoms with van der Waals surface area (Å²) in [6.45, 7) is 10.6. The Kier molecular flexibility index (Phi) is 5.65. The minimum Gasteiger partial charge on any atom is -0.367 e. The molecule has 5 heteroatoms. The van der Waals surface area contributed by atoms with Crippen LogP contribution in [0, 0.1) is 0 Å². The molecule has 0 radical (unpaired) electrons. The summed E-state index contributed by atoms with van der Waals surface area (Å²) < 4.78 is 0. The summed E-state index contributed by atoms with van der Waals surface area (Å²) in [4.78, 5) is 10.4. The number of anilines is 1. The Morgan fingerprint density at radius 1 is 1.29 bits per heavy atom. The Morgan fingerprint density at radius 3 is 2.47 bits per heavy atom. The first kappa shape index (κ1) is 14.2. The van der Waals surface area contributed by atoms with E-state index < -0.39 is 0 Å². The van der Waals surface area contributed by atoms with Crippen molar-refractivity contribution in [2.45, 2.75) is 39.8 Å². The number of rotatable bonds is 6. The van der Waals surface area contributed by atoms with E-state index in [4.69, 9.17) is 11.6 Å². The van der Waals surface area contributed by atoms with E-state index in [1.54, 1.807) is 6.20 Å². The molecular formula is C12H21ClN4. The van der Waals surface area contributed by atoms with Crippen molar-refractivity contribution in [3.8, 4) is 0 Å². The fourth-order valence-electron chi connectivity index (χ4n) is 1.86. The molecule has 0 aromatic carbocycles. The summed E-state index contributed by atoms with van der Waals surface area (Å²) in [6, 6.07) is 1.08. The third-order valence-electron chi connectivity index (χ3n) is 2.66. The van der Waals surface area contributed by atoms with Crippen LogP contribution in [0.25, 0.3) is 0 Å². The molecule has 1 aromatic heterocycles. The van der Waals surface area contributed by atoms with Crippen LogP contribution in [0.3, 0.4) is 0 Å². The van der Waals surface area contributed by atoms with Gasteiger partial charge in [0.1, 0.15) is 17.2 Å². The predicted octanol–water partition coefficient (Wildman–Crippen LogP) is 2.66. The van der Waals surface area contributed by atoms with Crippen molar-refractivity contribution in [2.75, 3.05) is 18.4 Å². The van der Waals surface area contributed by atoms with Gasteiger partial charge in [-0.3, -0.25) is 4.90 Å². The second kappa shape index (κ2) is 6.77. The lowest BCUT2D eigenvalue weighted by molar-refractivity contribution is 0.182. The van der Waals surface area contributed by atoms with Crippen LogP contribution >= 0.6 is 11.6 Å². The fraction of sp³-hybridized carbons (Fsp3) is 0.667. The van der Waals surface area contributed by atoms with E-state index in [0.29, 0.717) is 22.9 Å². The molecule has 0 saturated carbocycles. The maximum absolute atomic E-state index is 5.96. The zero-order valence-electron chi connectivity index (χ0n) is 10.9. The lowest BCUT2D eigenvalue weighted by Gasteiger charge is -2.30. The summed E-state index contributed by atoms with van der Waals surface area (Å²) in [6.07, 6.45) is 3.09. The van der Waals surface area contributed by atoms with Crippen LogP contribution in [0.4, 0.5) is 5.82 Å². The van der Waals surface area contributed by atoms with E-state index in [2.05, 4.69) is 47.9 Å². The molecule has 0 aliphatic heterocycles. The van der Waals surface area contributed by atoms with Gasteiger partial charge < -0.3 is 5.32 Å². The summed E-state index contributed by atoms with van der Waals surface area (Å²) in [5, 5.41) is 3.79. The van der Waals surface area contributed by atoms with Crippen LogP contribution in [-0.2, 0) is 0 Å². The molecule has 1 N–H and O–H groups in total. The molecule has 1 heterocycles. The molecule has 1 rings (SSSR count). The molecule has 0 fully saturated rings. The van der Waals surface area contributed by atoms with Crippen molar-refractivity contribution in [3.05, 3.63) is 17.5 Å². The third kappa shape index (κ3) is 4.48. The average Bonchev–Trinajstić information content (AvgIpc) is 2.25. The molecular weight excluding hydrogens is 236 g/mol. The van der Waals surface area contributed by atoms with E-state index in [1.165, 1.54) is 6.33 Å². The first-order valence-corrected chi connectivity index (χ1v) is 6.35. The fourth-order valence-corrected chi connectivity index (χ4v) is 2.03. The first-order chi connectivity index (χ1) is 8.02. The molecule has 17 heavy (non-hydrogen) atoms. The molecule has 0 unspecified atom stereocenters. The maximum atomic E-state index is 5.96. The molecule has 0 saturated heterocycles. The normalized spacial score (nSPS) is 11.5. The van der Waals surface area contributed by atoms with Gasteiger partial charge in [0, 0.05) is 25.2 Å². The van der Waals surface area contributed by atoms with Gasteiger partial charge in [-0.25, -0.2) is 9.97 Å². The molecule has 0 atom stereocenters. The van der Waals surface area contributed by atoms with E-state index in [9.17, 15) is 0 Å². The van der Waals surface area contributed by atoms with Crippen molar-refractivity contribution in [1.29, 1.82) is 0 Å². The second-order valence-corrected chi connectivity index (χ2v) is 4.98.